The zero-order valence-corrected chi connectivity index (χ0v) is 10.8. The Morgan fingerprint density at radius 1 is 0.900 bits per heavy atom. The standard InChI is InChI=1S/C18H12O2/c19-17-14-8-4-7-13-12(11-5-2-1-3-6-11)9-10-15(16(13)14)18(17)20/h1-7,9-10,14H,8H2. The van der Waals surface area contributed by atoms with Crippen LogP contribution in [-0.4, -0.2) is 11.6 Å². The Hall–Kier alpha value is -2.48. The Bertz CT molecular complexity index is 770. The van der Waals surface area contributed by atoms with Crippen molar-refractivity contribution in [3.05, 3.63) is 65.2 Å². The Morgan fingerprint density at radius 3 is 2.45 bits per heavy atom. The molecule has 2 aromatic rings. The number of rotatable bonds is 1. The normalized spacial score (nSPS) is 19.3. The SMILES string of the molecule is O=C1C(=O)C2CC=Cc3c(-c4ccccc4)ccc1c32. The number of benzene rings is 2. The molecule has 2 nitrogen and oxygen atoms in total. The zero-order chi connectivity index (χ0) is 13.7. The van der Waals surface area contributed by atoms with Crippen molar-refractivity contribution in [2.45, 2.75) is 12.3 Å². The van der Waals surface area contributed by atoms with Crippen molar-refractivity contribution in [3.8, 4) is 11.1 Å². The number of ketones is 2. The summed E-state index contributed by atoms with van der Waals surface area (Å²) in [5.41, 5.74) is 4.77. The van der Waals surface area contributed by atoms with E-state index >= 15 is 0 Å². The number of hydrogen-bond acceptors (Lipinski definition) is 2. The largest absolute Gasteiger partial charge is 0.290 e. The molecule has 1 unspecified atom stereocenters. The Morgan fingerprint density at radius 2 is 1.65 bits per heavy atom. The lowest BCUT2D eigenvalue weighted by atomic mass is 9.84. The van der Waals surface area contributed by atoms with Crippen LogP contribution >= 0.6 is 0 Å². The number of hydrogen-bond donors (Lipinski definition) is 0. The minimum atomic E-state index is -0.324. The average Bonchev–Trinajstić information content (AvgIpc) is 2.76. The lowest BCUT2D eigenvalue weighted by molar-refractivity contribution is -0.115. The molecule has 0 saturated heterocycles. The van der Waals surface area contributed by atoms with Crippen molar-refractivity contribution in [1.29, 1.82) is 0 Å². The molecule has 4 rings (SSSR count). The first kappa shape index (κ1) is 11.4. The molecule has 0 bridgehead atoms. The van der Waals surface area contributed by atoms with Crippen LogP contribution in [0.3, 0.4) is 0 Å². The van der Waals surface area contributed by atoms with Gasteiger partial charge < -0.3 is 0 Å². The van der Waals surface area contributed by atoms with Crippen LogP contribution in [0.1, 0.15) is 33.8 Å². The van der Waals surface area contributed by atoms with Crippen LogP contribution in [0, 0.1) is 0 Å². The van der Waals surface area contributed by atoms with E-state index in [0.717, 1.165) is 22.3 Å². The van der Waals surface area contributed by atoms with E-state index in [1.54, 1.807) is 6.07 Å². The smallest absolute Gasteiger partial charge is 0.229 e. The van der Waals surface area contributed by atoms with E-state index in [1.165, 1.54) is 0 Å². The molecule has 20 heavy (non-hydrogen) atoms. The first-order valence-corrected chi connectivity index (χ1v) is 6.75. The van der Waals surface area contributed by atoms with E-state index in [-0.39, 0.29) is 17.5 Å². The fraction of sp³-hybridized carbons (Fsp3) is 0.111. The van der Waals surface area contributed by atoms with Crippen molar-refractivity contribution in [2.75, 3.05) is 0 Å². The van der Waals surface area contributed by atoms with E-state index in [4.69, 9.17) is 0 Å². The predicted molar refractivity (Wildman–Crippen MR) is 77.6 cm³/mol. The summed E-state index contributed by atoms with van der Waals surface area (Å²) in [7, 11) is 0. The second kappa shape index (κ2) is 4.01. The van der Waals surface area contributed by atoms with Gasteiger partial charge in [0.25, 0.3) is 0 Å². The van der Waals surface area contributed by atoms with Crippen molar-refractivity contribution in [3.63, 3.8) is 0 Å². The van der Waals surface area contributed by atoms with Gasteiger partial charge in [-0.15, -0.1) is 0 Å². The molecule has 0 aliphatic heterocycles. The van der Waals surface area contributed by atoms with Gasteiger partial charge in [-0.2, -0.15) is 0 Å². The molecular formula is C18H12O2. The molecule has 1 atom stereocenters. The highest BCUT2D eigenvalue weighted by atomic mass is 16.2. The number of Topliss-reactive ketones (excluding diaryl/α,β-unsaturated/α-hetero) is 2. The first-order chi connectivity index (χ1) is 9.77. The molecule has 96 valence electrons. The molecule has 0 spiro atoms. The minimum Gasteiger partial charge on any atom is -0.290 e. The van der Waals surface area contributed by atoms with Gasteiger partial charge in [-0.25, -0.2) is 0 Å². The molecule has 0 aromatic heterocycles. The summed E-state index contributed by atoms with van der Waals surface area (Å²) in [6, 6.07) is 13.8. The lowest BCUT2D eigenvalue weighted by Gasteiger charge is -2.18. The molecule has 2 heteroatoms. The van der Waals surface area contributed by atoms with E-state index in [0.29, 0.717) is 12.0 Å². The highest BCUT2D eigenvalue weighted by molar-refractivity contribution is 6.49. The van der Waals surface area contributed by atoms with Gasteiger partial charge in [0.2, 0.25) is 11.6 Å². The van der Waals surface area contributed by atoms with E-state index < -0.39 is 0 Å². The van der Waals surface area contributed by atoms with Gasteiger partial charge in [-0.3, -0.25) is 9.59 Å². The maximum atomic E-state index is 12.0. The van der Waals surface area contributed by atoms with Crippen molar-refractivity contribution in [2.24, 2.45) is 0 Å². The summed E-state index contributed by atoms with van der Waals surface area (Å²) in [4.78, 5) is 24.1. The monoisotopic (exact) mass is 260 g/mol. The van der Waals surface area contributed by atoms with Crippen molar-refractivity contribution >= 4 is 17.6 Å². The van der Waals surface area contributed by atoms with Crippen LogP contribution in [0.25, 0.3) is 17.2 Å². The maximum Gasteiger partial charge on any atom is 0.229 e. The van der Waals surface area contributed by atoms with Gasteiger partial charge >= 0.3 is 0 Å². The fourth-order valence-corrected chi connectivity index (χ4v) is 3.23. The second-order valence-corrected chi connectivity index (χ2v) is 5.24. The van der Waals surface area contributed by atoms with E-state index in [9.17, 15) is 9.59 Å². The summed E-state index contributed by atoms with van der Waals surface area (Å²) >= 11 is 0. The number of allylic oxidation sites excluding steroid dienone is 1. The third kappa shape index (κ3) is 1.39. The molecule has 0 fully saturated rings. The molecule has 0 amide bonds. The Kier molecular flexibility index (Phi) is 2.27. The van der Waals surface area contributed by atoms with E-state index in [2.05, 4.69) is 0 Å². The van der Waals surface area contributed by atoms with Gasteiger partial charge in [-0.1, -0.05) is 48.6 Å². The Balaban J connectivity index is 2.02. The average molecular weight is 260 g/mol. The van der Waals surface area contributed by atoms with Gasteiger partial charge in [0.15, 0.2) is 0 Å². The molecule has 0 N–H and O–H groups in total. The van der Waals surface area contributed by atoms with Crippen LogP contribution in [0.2, 0.25) is 0 Å². The van der Waals surface area contributed by atoms with Gasteiger partial charge in [-0.05, 0) is 34.7 Å². The van der Waals surface area contributed by atoms with Crippen LogP contribution in [0.5, 0.6) is 0 Å². The lowest BCUT2D eigenvalue weighted by Crippen LogP contribution is -2.12. The van der Waals surface area contributed by atoms with E-state index in [1.807, 2.05) is 48.6 Å². The van der Waals surface area contributed by atoms with Crippen molar-refractivity contribution < 1.29 is 9.59 Å². The minimum absolute atomic E-state index is 0.254. The van der Waals surface area contributed by atoms with Crippen LogP contribution < -0.4 is 0 Å². The quantitative estimate of drug-likeness (QED) is 0.734. The summed E-state index contributed by atoms with van der Waals surface area (Å²) in [5.74, 6) is -0.841. The van der Waals surface area contributed by atoms with Crippen LogP contribution in [0.4, 0.5) is 0 Å². The second-order valence-electron chi connectivity index (χ2n) is 5.24. The van der Waals surface area contributed by atoms with Gasteiger partial charge in [0, 0.05) is 5.56 Å². The van der Waals surface area contributed by atoms with Crippen LogP contribution in [-0.2, 0) is 4.79 Å². The molecule has 0 radical (unpaired) electrons. The zero-order valence-electron chi connectivity index (χ0n) is 10.8. The Labute approximate surface area is 116 Å². The molecule has 2 aliphatic rings. The third-order valence-corrected chi connectivity index (χ3v) is 4.16. The van der Waals surface area contributed by atoms with Crippen molar-refractivity contribution in [1.82, 2.24) is 0 Å². The van der Waals surface area contributed by atoms with Gasteiger partial charge in [0.05, 0.1) is 5.92 Å². The topological polar surface area (TPSA) is 34.1 Å². The third-order valence-electron chi connectivity index (χ3n) is 4.16. The highest BCUT2D eigenvalue weighted by Gasteiger charge is 2.40. The summed E-state index contributed by atoms with van der Waals surface area (Å²) in [6.07, 6.45) is 4.69. The maximum absolute atomic E-state index is 12.0. The summed E-state index contributed by atoms with van der Waals surface area (Å²) in [6.45, 7) is 0. The summed E-state index contributed by atoms with van der Waals surface area (Å²) < 4.78 is 0. The van der Waals surface area contributed by atoms with Gasteiger partial charge in [0.1, 0.15) is 0 Å². The number of carbonyl (C=O) groups excluding carboxylic acids is 2. The molecule has 2 aromatic carbocycles. The molecule has 0 saturated carbocycles. The fourth-order valence-electron chi connectivity index (χ4n) is 3.23. The summed E-state index contributed by atoms with van der Waals surface area (Å²) in [5, 5.41) is 0. The highest BCUT2D eigenvalue weighted by Crippen LogP contribution is 2.43. The first-order valence-electron chi connectivity index (χ1n) is 6.75. The molecule has 2 aliphatic carbocycles. The predicted octanol–water partition coefficient (Wildman–Crippen LogP) is 3.62. The number of carbonyl (C=O) groups is 2. The molecular weight excluding hydrogens is 248 g/mol. The molecule has 0 heterocycles. The van der Waals surface area contributed by atoms with Crippen LogP contribution in [0.15, 0.2) is 48.5 Å².